The lowest BCUT2D eigenvalue weighted by molar-refractivity contribution is -0.137. The summed E-state index contributed by atoms with van der Waals surface area (Å²) in [5.74, 6) is 5.63. The van der Waals surface area contributed by atoms with Crippen LogP contribution in [0.25, 0.3) is 0 Å². The number of likely N-dealkylation sites (N-methyl/N-ethyl adjacent to an activating group) is 1. The SMILES string of the molecule is CCC(C)(C(NN)c1ccc(C(F)(F)F)cc1)N(C)C. The van der Waals surface area contributed by atoms with Gasteiger partial charge in [0, 0.05) is 5.54 Å². The van der Waals surface area contributed by atoms with Gasteiger partial charge in [0.1, 0.15) is 0 Å². The Morgan fingerprint density at radius 3 is 2.00 bits per heavy atom. The molecule has 0 saturated heterocycles. The summed E-state index contributed by atoms with van der Waals surface area (Å²) in [4.78, 5) is 2.02. The number of hydrogen-bond donors (Lipinski definition) is 2. The third-order valence-electron chi connectivity index (χ3n) is 4.10. The summed E-state index contributed by atoms with van der Waals surface area (Å²) in [6.45, 7) is 4.05. The molecule has 0 aliphatic heterocycles. The van der Waals surface area contributed by atoms with Crippen molar-refractivity contribution < 1.29 is 13.2 Å². The third-order valence-corrected chi connectivity index (χ3v) is 4.10. The van der Waals surface area contributed by atoms with Crippen LogP contribution in [0.3, 0.4) is 0 Å². The Morgan fingerprint density at radius 1 is 1.20 bits per heavy atom. The Bertz CT molecular complexity index is 428. The van der Waals surface area contributed by atoms with Gasteiger partial charge in [-0.15, -0.1) is 0 Å². The van der Waals surface area contributed by atoms with E-state index in [-0.39, 0.29) is 11.6 Å². The van der Waals surface area contributed by atoms with E-state index in [2.05, 4.69) is 5.43 Å². The summed E-state index contributed by atoms with van der Waals surface area (Å²) in [6, 6.07) is 4.87. The first-order valence-corrected chi connectivity index (χ1v) is 6.47. The molecule has 0 saturated carbocycles. The number of alkyl halides is 3. The number of benzene rings is 1. The van der Waals surface area contributed by atoms with Crippen molar-refractivity contribution in [3.05, 3.63) is 35.4 Å². The maximum Gasteiger partial charge on any atom is 0.416 e. The van der Waals surface area contributed by atoms with Crippen molar-refractivity contribution in [3.8, 4) is 0 Å². The maximum absolute atomic E-state index is 12.6. The predicted molar refractivity (Wildman–Crippen MR) is 73.9 cm³/mol. The van der Waals surface area contributed by atoms with Crippen LogP contribution in [-0.2, 0) is 6.18 Å². The highest BCUT2D eigenvalue weighted by atomic mass is 19.4. The average molecular weight is 289 g/mol. The molecule has 3 nitrogen and oxygen atoms in total. The molecule has 0 aliphatic rings. The molecule has 0 heterocycles. The molecular weight excluding hydrogens is 267 g/mol. The zero-order chi connectivity index (χ0) is 15.6. The minimum absolute atomic E-state index is 0.259. The molecule has 0 fully saturated rings. The van der Waals surface area contributed by atoms with E-state index in [1.807, 2.05) is 32.8 Å². The number of nitrogens with zero attached hydrogens (tertiary/aromatic N) is 1. The second kappa shape index (κ2) is 6.11. The second-order valence-electron chi connectivity index (χ2n) is 5.32. The molecule has 0 spiro atoms. The molecule has 20 heavy (non-hydrogen) atoms. The maximum atomic E-state index is 12.6. The second-order valence-corrected chi connectivity index (χ2v) is 5.32. The van der Waals surface area contributed by atoms with Gasteiger partial charge < -0.3 is 4.90 Å². The van der Waals surface area contributed by atoms with Crippen molar-refractivity contribution in [3.63, 3.8) is 0 Å². The number of nitrogens with two attached hydrogens (primary N) is 1. The molecule has 1 aromatic carbocycles. The molecule has 6 heteroatoms. The van der Waals surface area contributed by atoms with E-state index in [1.54, 1.807) is 0 Å². The van der Waals surface area contributed by atoms with E-state index in [0.717, 1.165) is 24.1 Å². The van der Waals surface area contributed by atoms with Crippen LogP contribution in [0.15, 0.2) is 24.3 Å². The van der Waals surface area contributed by atoms with E-state index in [0.29, 0.717) is 0 Å². The van der Waals surface area contributed by atoms with Gasteiger partial charge in [0.15, 0.2) is 0 Å². The fraction of sp³-hybridized carbons (Fsp3) is 0.571. The largest absolute Gasteiger partial charge is 0.416 e. The van der Waals surface area contributed by atoms with Gasteiger partial charge in [-0.3, -0.25) is 11.3 Å². The number of nitrogens with one attached hydrogen (secondary N) is 1. The standard InChI is InChI=1S/C14H22F3N3/c1-5-13(2,20(3)4)12(19-18)10-6-8-11(9-7-10)14(15,16)17/h6-9,12,19H,5,18H2,1-4H3. The van der Waals surface area contributed by atoms with Crippen molar-refractivity contribution in [2.75, 3.05) is 14.1 Å². The highest BCUT2D eigenvalue weighted by molar-refractivity contribution is 5.29. The van der Waals surface area contributed by atoms with E-state index in [4.69, 9.17) is 5.84 Å². The summed E-state index contributed by atoms with van der Waals surface area (Å²) in [5.41, 5.74) is 2.51. The molecule has 3 N–H and O–H groups in total. The normalized spacial score (nSPS) is 17.1. The summed E-state index contributed by atoms with van der Waals surface area (Å²) in [6.07, 6.45) is -3.52. The summed E-state index contributed by atoms with van der Waals surface area (Å²) in [5, 5.41) is 0. The molecule has 0 amide bonds. The van der Waals surface area contributed by atoms with Crippen LogP contribution in [0.5, 0.6) is 0 Å². The molecule has 2 atom stereocenters. The number of hydrogen-bond acceptors (Lipinski definition) is 3. The number of hydrazine groups is 1. The van der Waals surface area contributed by atoms with Gasteiger partial charge in [0.2, 0.25) is 0 Å². The first kappa shape index (κ1) is 16.9. The van der Waals surface area contributed by atoms with Crippen LogP contribution < -0.4 is 11.3 Å². The van der Waals surface area contributed by atoms with Crippen molar-refractivity contribution in [2.24, 2.45) is 5.84 Å². The quantitative estimate of drug-likeness (QED) is 0.647. The topological polar surface area (TPSA) is 41.3 Å². The zero-order valence-corrected chi connectivity index (χ0v) is 12.3. The van der Waals surface area contributed by atoms with Crippen molar-refractivity contribution in [1.82, 2.24) is 10.3 Å². The van der Waals surface area contributed by atoms with Gasteiger partial charge in [-0.2, -0.15) is 13.2 Å². The molecule has 0 aliphatic carbocycles. The van der Waals surface area contributed by atoms with Crippen molar-refractivity contribution in [1.29, 1.82) is 0 Å². The average Bonchev–Trinajstić information content (AvgIpc) is 2.38. The van der Waals surface area contributed by atoms with Gasteiger partial charge in [0.05, 0.1) is 11.6 Å². The molecular formula is C14H22F3N3. The van der Waals surface area contributed by atoms with E-state index in [9.17, 15) is 13.2 Å². The highest BCUT2D eigenvalue weighted by Crippen LogP contribution is 2.34. The Morgan fingerprint density at radius 2 is 1.70 bits per heavy atom. The van der Waals surface area contributed by atoms with Gasteiger partial charge in [-0.05, 0) is 45.1 Å². The molecule has 1 rings (SSSR count). The van der Waals surface area contributed by atoms with Crippen LogP contribution >= 0.6 is 0 Å². The molecule has 1 aromatic rings. The van der Waals surface area contributed by atoms with E-state index >= 15 is 0 Å². The Hall–Kier alpha value is -1.11. The Kier molecular flexibility index (Phi) is 5.18. The smallest absolute Gasteiger partial charge is 0.302 e. The molecule has 114 valence electrons. The summed E-state index contributed by atoms with van der Waals surface area (Å²) in [7, 11) is 3.86. The van der Waals surface area contributed by atoms with Crippen LogP contribution in [0, 0.1) is 0 Å². The lowest BCUT2D eigenvalue weighted by Crippen LogP contribution is -2.52. The predicted octanol–water partition coefficient (Wildman–Crippen LogP) is 2.94. The minimum Gasteiger partial charge on any atom is -0.302 e. The van der Waals surface area contributed by atoms with Gasteiger partial charge >= 0.3 is 6.18 Å². The zero-order valence-electron chi connectivity index (χ0n) is 12.3. The Labute approximate surface area is 117 Å². The molecule has 2 unspecified atom stereocenters. The molecule has 0 bridgehead atoms. The van der Waals surface area contributed by atoms with Crippen LogP contribution in [-0.4, -0.2) is 24.5 Å². The number of halogens is 3. The van der Waals surface area contributed by atoms with Gasteiger partial charge in [0.25, 0.3) is 0 Å². The fourth-order valence-corrected chi connectivity index (χ4v) is 2.28. The molecule has 0 radical (unpaired) electrons. The lowest BCUT2D eigenvalue weighted by atomic mass is 9.83. The van der Waals surface area contributed by atoms with Gasteiger partial charge in [-0.1, -0.05) is 19.1 Å². The van der Waals surface area contributed by atoms with Crippen LogP contribution in [0.2, 0.25) is 0 Å². The van der Waals surface area contributed by atoms with Gasteiger partial charge in [-0.25, -0.2) is 0 Å². The highest BCUT2D eigenvalue weighted by Gasteiger charge is 2.36. The first-order chi connectivity index (χ1) is 9.16. The number of rotatable bonds is 5. The lowest BCUT2D eigenvalue weighted by Gasteiger charge is -2.42. The van der Waals surface area contributed by atoms with Crippen molar-refractivity contribution in [2.45, 2.75) is 38.0 Å². The molecule has 0 aromatic heterocycles. The van der Waals surface area contributed by atoms with E-state index < -0.39 is 11.7 Å². The minimum atomic E-state index is -4.32. The monoisotopic (exact) mass is 289 g/mol. The first-order valence-electron chi connectivity index (χ1n) is 6.47. The summed E-state index contributed by atoms with van der Waals surface area (Å²) >= 11 is 0. The van der Waals surface area contributed by atoms with Crippen LogP contribution in [0.4, 0.5) is 13.2 Å². The van der Waals surface area contributed by atoms with Crippen molar-refractivity contribution >= 4 is 0 Å². The van der Waals surface area contributed by atoms with E-state index in [1.165, 1.54) is 12.1 Å². The van der Waals surface area contributed by atoms with Crippen LogP contribution in [0.1, 0.15) is 37.4 Å². The Balaban J connectivity index is 3.14. The fourth-order valence-electron chi connectivity index (χ4n) is 2.28. The third kappa shape index (κ3) is 3.31. The summed E-state index contributed by atoms with van der Waals surface area (Å²) < 4.78 is 37.7.